The summed E-state index contributed by atoms with van der Waals surface area (Å²) >= 11 is 6.04. The second-order valence-corrected chi connectivity index (χ2v) is 6.96. The summed E-state index contributed by atoms with van der Waals surface area (Å²) in [5.41, 5.74) is 2.66. The van der Waals surface area contributed by atoms with E-state index in [1.54, 1.807) is 38.3 Å². The lowest BCUT2D eigenvalue weighted by atomic mass is 10.1. The molecule has 1 unspecified atom stereocenters. The van der Waals surface area contributed by atoms with Crippen molar-refractivity contribution in [3.63, 3.8) is 0 Å². The van der Waals surface area contributed by atoms with Crippen LogP contribution in [0.3, 0.4) is 0 Å². The van der Waals surface area contributed by atoms with E-state index >= 15 is 0 Å². The zero-order chi connectivity index (χ0) is 20.1. The van der Waals surface area contributed by atoms with Gasteiger partial charge in [-0.25, -0.2) is 0 Å². The number of carbonyl (C=O) groups is 1. The first kappa shape index (κ1) is 20.7. The maximum atomic E-state index is 12.4. The average Bonchev–Trinajstić information content (AvgIpc) is 2.57. The molecule has 0 aliphatic rings. The summed E-state index contributed by atoms with van der Waals surface area (Å²) in [4.78, 5) is 24.0. The molecule has 0 aromatic heterocycles. The molecule has 144 valence electrons. The van der Waals surface area contributed by atoms with Crippen molar-refractivity contribution >= 4 is 28.9 Å². The molecule has 0 fully saturated rings. The first-order chi connectivity index (χ1) is 12.7. The van der Waals surface area contributed by atoms with Crippen molar-refractivity contribution in [2.24, 2.45) is 0 Å². The largest absolute Gasteiger partial charge is 0.496 e. The summed E-state index contributed by atoms with van der Waals surface area (Å²) in [5.74, 6) is 0.392. The topological polar surface area (TPSA) is 85.9 Å². The number of rotatable bonds is 7. The van der Waals surface area contributed by atoms with Crippen LogP contribution in [-0.4, -0.2) is 31.5 Å². The number of quaternary nitrogens is 1. The van der Waals surface area contributed by atoms with E-state index in [-0.39, 0.29) is 23.8 Å². The fourth-order valence-corrected chi connectivity index (χ4v) is 2.99. The van der Waals surface area contributed by atoms with Crippen molar-refractivity contribution in [1.82, 2.24) is 0 Å². The molecule has 0 bridgehead atoms. The number of anilines is 1. The number of methoxy groups -OCH3 is 1. The molecule has 0 heterocycles. The minimum absolute atomic E-state index is 0.111. The van der Waals surface area contributed by atoms with Gasteiger partial charge in [0.15, 0.2) is 6.54 Å². The Morgan fingerprint density at radius 3 is 2.56 bits per heavy atom. The Kier molecular flexibility index (Phi) is 6.76. The van der Waals surface area contributed by atoms with Gasteiger partial charge < -0.3 is 15.0 Å². The third kappa shape index (κ3) is 5.42. The highest BCUT2D eigenvalue weighted by molar-refractivity contribution is 6.30. The van der Waals surface area contributed by atoms with Crippen molar-refractivity contribution < 1.29 is 19.4 Å². The molecule has 0 saturated carbocycles. The number of aryl methyl sites for hydroxylation is 2. The molecule has 27 heavy (non-hydrogen) atoms. The van der Waals surface area contributed by atoms with E-state index in [1.165, 1.54) is 6.07 Å². The zero-order valence-electron chi connectivity index (χ0n) is 15.8. The molecule has 2 N–H and O–H groups in total. The number of nitrogens with one attached hydrogen (secondary N) is 2. The number of benzene rings is 2. The van der Waals surface area contributed by atoms with Crippen LogP contribution >= 0.6 is 11.6 Å². The number of likely N-dealkylation sites (N-methyl/N-ethyl adjacent to an activating group) is 1. The molecule has 2 aromatic carbocycles. The van der Waals surface area contributed by atoms with Crippen molar-refractivity contribution in [2.45, 2.75) is 20.4 Å². The van der Waals surface area contributed by atoms with Crippen LogP contribution < -0.4 is 15.0 Å². The molecule has 0 aliphatic heterocycles. The van der Waals surface area contributed by atoms with E-state index in [9.17, 15) is 14.9 Å². The number of ether oxygens (including phenoxy) is 1. The molecule has 2 aromatic rings. The van der Waals surface area contributed by atoms with Gasteiger partial charge in [0.05, 0.1) is 19.1 Å². The second kappa shape index (κ2) is 8.83. The number of carbonyl (C=O) groups excluding carboxylic acids is 1. The summed E-state index contributed by atoms with van der Waals surface area (Å²) < 4.78 is 5.32. The highest BCUT2D eigenvalue weighted by Gasteiger charge is 2.20. The Morgan fingerprint density at radius 1 is 1.26 bits per heavy atom. The molecule has 0 radical (unpaired) electrons. The molecule has 2 rings (SSSR count). The first-order valence-electron chi connectivity index (χ1n) is 8.40. The van der Waals surface area contributed by atoms with Gasteiger partial charge in [-0.15, -0.1) is 0 Å². The van der Waals surface area contributed by atoms with Gasteiger partial charge in [-0.1, -0.05) is 11.6 Å². The average molecular weight is 393 g/mol. The lowest BCUT2D eigenvalue weighted by Crippen LogP contribution is -3.08. The molecule has 0 spiro atoms. The third-order valence-electron chi connectivity index (χ3n) is 4.28. The lowest BCUT2D eigenvalue weighted by molar-refractivity contribution is -0.885. The van der Waals surface area contributed by atoms with E-state index in [2.05, 4.69) is 5.32 Å². The van der Waals surface area contributed by atoms with E-state index in [0.29, 0.717) is 17.3 Å². The molecule has 1 atom stereocenters. The maximum absolute atomic E-state index is 12.4. The smallest absolute Gasteiger partial charge is 0.293 e. The zero-order valence-corrected chi connectivity index (χ0v) is 16.5. The van der Waals surface area contributed by atoms with E-state index in [1.807, 2.05) is 14.0 Å². The molecule has 1 amide bonds. The fourth-order valence-electron chi connectivity index (χ4n) is 2.79. The highest BCUT2D eigenvalue weighted by Crippen LogP contribution is 2.27. The summed E-state index contributed by atoms with van der Waals surface area (Å²) in [6.45, 7) is 4.30. The minimum Gasteiger partial charge on any atom is -0.496 e. The Morgan fingerprint density at radius 2 is 1.93 bits per heavy atom. The SMILES string of the molecule is COc1ccc(Cl)cc1C[NH+](C)CC(=O)Nc1cc(C)c(C)cc1[N+](=O)[O-]. The molecular weight excluding hydrogens is 370 g/mol. The molecule has 0 aliphatic carbocycles. The summed E-state index contributed by atoms with van der Waals surface area (Å²) in [5, 5.41) is 14.5. The molecule has 0 saturated heterocycles. The van der Waals surface area contributed by atoms with Gasteiger partial charge in [-0.2, -0.15) is 0 Å². The summed E-state index contributed by atoms with van der Waals surface area (Å²) in [6, 6.07) is 8.42. The number of halogens is 1. The highest BCUT2D eigenvalue weighted by atomic mass is 35.5. The molecule has 8 heteroatoms. The Hall–Kier alpha value is -2.64. The maximum Gasteiger partial charge on any atom is 0.293 e. The van der Waals surface area contributed by atoms with Crippen LogP contribution in [0.5, 0.6) is 5.75 Å². The monoisotopic (exact) mass is 392 g/mol. The van der Waals surface area contributed by atoms with E-state index in [0.717, 1.165) is 21.6 Å². The number of hydrogen-bond acceptors (Lipinski definition) is 4. The van der Waals surface area contributed by atoms with Crippen LogP contribution in [0.4, 0.5) is 11.4 Å². The van der Waals surface area contributed by atoms with Crippen LogP contribution in [0.25, 0.3) is 0 Å². The van der Waals surface area contributed by atoms with Gasteiger partial charge in [-0.3, -0.25) is 14.9 Å². The quantitative estimate of drug-likeness (QED) is 0.560. The number of nitro groups is 1. The third-order valence-corrected chi connectivity index (χ3v) is 4.51. The van der Waals surface area contributed by atoms with Crippen LogP contribution in [0.15, 0.2) is 30.3 Å². The second-order valence-electron chi connectivity index (χ2n) is 6.53. The molecule has 7 nitrogen and oxygen atoms in total. The number of nitro benzene ring substituents is 1. The van der Waals surface area contributed by atoms with Crippen LogP contribution in [0, 0.1) is 24.0 Å². The lowest BCUT2D eigenvalue weighted by Gasteiger charge is -2.16. The predicted molar refractivity (Wildman–Crippen MR) is 105 cm³/mol. The van der Waals surface area contributed by atoms with Crippen molar-refractivity contribution in [1.29, 1.82) is 0 Å². The van der Waals surface area contributed by atoms with Crippen molar-refractivity contribution in [3.8, 4) is 5.75 Å². The van der Waals surface area contributed by atoms with Gasteiger partial charge in [-0.05, 0) is 49.2 Å². The Balaban J connectivity index is 2.09. The van der Waals surface area contributed by atoms with E-state index < -0.39 is 4.92 Å². The summed E-state index contributed by atoms with van der Waals surface area (Å²) in [7, 11) is 3.43. The molecular formula is C19H23ClN3O4+. The fraction of sp³-hybridized carbons (Fsp3) is 0.316. The van der Waals surface area contributed by atoms with Crippen LogP contribution in [-0.2, 0) is 11.3 Å². The first-order valence-corrected chi connectivity index (χ1v) is 8.78. The predicted octanol–water partition coefficient (Wildman–Crippen LogP) is 2.53. The van der Waals surface area contributed by atoms with Gasteiger partial charge >= 0.3 is 0 Å². The van der Waals surface area contributed by atoms with Crippen molar-refractivity contribution in [2.75, 3.05) is 26.0 Å². The van der Waals surface area contributed by atoms with Crippen molar-refractivity contribution in [3.05, 3.63) is 62.2 Å². The van der Waals surface area contributed by atoms with Gasteiger partial charge in [0.25, 0.3) is 11.6 Å². The number of amides is 1. The number of nitrogens with zero attached hydrogens (tertiary/aromatic N) is 1. The van der Waals surface area contributed by atoms with E-state index in [4.69, 9.17) is 16.3 Å². The number of hydrogen-bond donors (Lipinski definition) is 2. The standard InChI is InChI=1S/C19H22ClN3O4/c1-12-7-16(17(23(25)26)8-13(12)2)21-19(24)11-22(3)10-14-9-15(20)5-6-18(14)27-4/h5-9H,10-11H2,1-4H3,(H,21,24)/p+1. The summed E-state index contributed by atoms with van der Waals surface area (Å²) in [6.07, 6.45) is 0. The Bertz CT molecular complexity index is 870. The normalized spacial score (nSPS) is 11.7. The van der Waals surface area contributed by atoms with Crippen LogP contribution in [0.2, 0.25) is 5.02 Å². The van der Waals surface area contributed by atoms with Gasteiger partial charge in [0.2, 0.25) is 0 Å². The minimum atomic E-state index is -0.491. The Labute approximate surface area is 163 Å². The van der Waals surface area contributed by atoms with Crippen LogP contribution in [0.1, 0.15) is 16.7 Å². The van der Waals surface area contributed by atoms with Gasteiger partial charge in [0.1, 0.15) is 18.0 Å². The van der Waals surface area contributed by atoms with Gasteiger partial charge in [0, 0.05) is 16.7 Å².